The number of aromatic nitrogens is 3. The zero-order valence-electron chi connectivity index (χ0n) is 19.4. The van der Waals surface area contributed by atoms with E-state index in [0.29, 0.717) is 49.2 Å². The average molecular weight is 487 g/mol. The third-order valence-electron chi connectivity index (χ3n) is 5.84. The molecule has 2 amide bonds. The molecule has 1 aliphatic heterocycles. The van der Waals surface area contributed by atoms with Crippen LogP contribution in [0.5, 0.6) is 11.8 Å². The fourth-order valence-corrected chi connectivity index (χ4v) is 3.67. The number of nitrogens with zero attached hydrogens (tertiary/aromatic N) is 4. The number of carbonyl (C=O) groups excluding carboxylic acids is 1. The molecule has 8 nitrogen and oxygen atoms in total. The van der Waals surface area contributed by atoms with Crippen molar-refractivity contribution in [1.82, 2.24) is 20.0 Å². The molecule has 1 unspecified atom stereocenters. The first-order valence-electron chi connectivity index (χ1n) is 11.0. The van der Waals surface area contributed by atoms with Gasteiger partial charge < -0.3 is 14.2 Å². The van der Waals surface area contributed by atoms with Gasteiger partial charge in [-0.3, -0.25) is 5.32 Å². The molecule has 11 heteroatoms. The summed E-state index contributed by atoms with van der Waals surface area (Å²) < 4.78 is 48.7. The maximum absolute atomic E-state index is 12.7. The lowest BCUT2D eigenvalue weighted by atomic mass is 9.91. The minimum atomic E-state index is -4.51. The predicted octanol–water partition coefficient (Wildman–Crippen LogP) is 5.85. The molecule has 1 saturated heterocycles. The van der Waals surface area contributed by atoms with Crippen LogP contribution in [0.1, 0.15) is 35.8 Å². The van der Waals surface area contributed by atoms with E-state index in [1.165, 1.54) is 5.57 Å². The number of ether oxygens (including phenoxy) is 1. The topological polar surface area (TPSA) is 93.4 Å². The summed E-state index contributed by atoms with van der Waals surface area (Å²) in [6, 6.07) is 6.71. The van der Waals surface area contributed by atoms with Gasteiger partial charge in [-0.05, 0) is 43.9 Å². The van der Waals surface area contributed by atoms with Crippen molar-refractivity contribution in [3.8, 4) is 11.8 Å². The Labute approximate surface area is 199 Å². The van der Waals surface area contributed by atoms with Gasteiger partial charge in [-0.1, -0.05) is 35.9 Å². The number of aryl methyl sites for hydroxylation is 1. The molecule has 1 aliphatic rings. The van der Waals surface area contributed by atoms with Gasteiger partial charge in [0.15, 0.2) is 5.82 Å². The molecule has 0 spiro atoms. The van der Waals surface area contributed by atoms with E-state index in [1.54, 1.807) is 30.0 Å². The van der Waals surface area contributed by atoms with Crippen LogP contribution in [-0.2, 0) is 6.18 Å². The van der Waals surface area contributed by atoms with Gasteiger partial charge in [0.25, 0.3) is 0 Å². The van der Waals surface area contributed by atoms with Crippen LogP contribution in [0.15, 0.2) is 46.8 Å². The number of hydrogen-bond acceptors (Lipinski definition) is 6. The van der Waals surface area contributed by atoms with Crippen LogP contribution >= 0.6 is 0 Å². The number of benzene rings is 1. The monoisotopic (exact) mass is 487 g/mol. The number of anilines is 1. The van der Waals surface area contributed by atoms with Gasteiger partial charge in [0.1, 0.15) is 11.5 Å². The Hall–Kier alpha value is -3.89. The highest BCUT2D eigenvalue weighted by Gasteiger charge is 2.31. The van der Waals surface area contributed by atoms with E-state index in [4.69, 9.17) is 9.26 Å². The van der Waals surface area contributed by atoms with Crippen molar-refractivity contribution in [2.75, 3.05) is 18.4 Å². The van der Waals surface area contributed by atoms with Crippen LogP contribution < -0.4 is 10.1 Å². The fourth-order valence-electron chi connectivity index (χ4n) is 3.67. The average Bonchev–Trinajstić information content (AvgIpc) is 3.12. The Morgan fingerprint density at radius 2 is 2.00 bits per heavy atom. The summed E-state index contributed by atoms with van der Waals surface area (Å²) in [6.45, 7) is 6.76. The lowest BCUT2D eigenvalue weighted by Crippen LogP contribution is -2.42. The molecule has 0 radical (unpaired) electrons. The van der Waals surface area contributed by atoms with E-state index in [0.717, 1.165) is 11.1 Å². The summed E-state index contributed by atoms with van der Waals surface area (Å²) in [5, 5.41) is 6.68. The van der Waals surface area contributed by atoms with Crippen molar-refractivity contribution in [3.05, 3.63) is 64.7 Å². The molecule has 0 bridgehead atoms. The number of alkyl halides is 3. The minimum Gasteiger partial charge on any atom is -0.424 e. The number of nitrogens with one attached hydrogen (secondary N) is 1. The van der Waals surface area contributed by atoms with Gasteiger partial charge in [-0.2, -0.15) is 13.2 Å². The fraction of sp³-hybridized carbons (Fsp3) is 0.333. The number of hydrogen-bond donors (Lipinski definition) is 1. The lowest BCUT2D eigenvalue weighted by Gasteiger charge is -2.33. The van der Waals surface area contributed by atoms with Gasteiger partial charge in [0.2, 0.25) is 0 Å². The molecule has 184 valence electrons. The van der Waals surface area contributed by atoms with E-state index < -0.39 is 11.7 Å². The summed E-state index contributed by atoms with van der Waals surface area (Å²) in [6.07, 6.45) is -0.411. The normalized spacial score (nSPS) is 17.5. The number of carbonyl (C=O) groups is 1. The van der Waals surface area contributed by atoms with E-state index in [1.807, 2.05) is 26.0 Å². The standard InChI is InChI=1S/C24H24F3N5O3/c1-14-13-32(23(33)30-21-15(2)16(3)35-31-21)8-7-18(14)9-17-5-4-6-20(10-17)34-22-28-11-19(12-29-22)24(25,26)27/h4-6,9-12,14H,7-8,13H2,1-3H3,(H,30,31,33)/b18-9+. The third kappa shape index (κ3) is 5.79. The van der Waals surface area contributed by atoms with Gasteiger partial charge in [-0.25, -0.2) is 14.8 Å². The summed E-state index contributed by atoms with van der Waals surface area (Å²) >= 11 is 0. The highest BCUT2D eigenvalue weighted by molar-refractivity contribution is 5.89. The molecule has 1 N–H and O–H groups in total. The van der Waals surface area contributed by atoms with Gasteiger partial charge in [-0.15, -0.1) is 0 Å². The summed E-state index contributed by atoms with van der Waals surface area (Å²) in [7, 11) is 0. The smallest absolute Gasteiger partial charge is 0.419 e. The van der Waals surface area contributed by atoms with Crippen molar-refractivity contribution >= 4 is 17.9 Å². The molecule has 2 aromatic heterocycles. The number of rotatable bonds is 4. The Morgan fingerprint density at radius 3 is 2.63 bits per heavy atom. The Kier molecular flexibility index (Phi) is 6.77. The molecule has 1 atom stereocenters. The first-order valence-corrected chi connectivity index (χ1v) is 11.0. The molecule has 1 fully saturated rings. The van der Waals surface area contributed by atoms with Crippen molar-refractivity contribution in [1.29, 1.82) is 0 Å². The van der Waals surface area contributed by atoms with Crippen LogP contribution in [-0.4, -0.2) is 39.1 Å². The Balaban J connectivity index is 1.39. The van der Waals surface area contributed by atoms with Crippen molar-refractivity contribution < 1.29 is 27.2 Å². The predicted molar refractivity (Wildman–Crippen MR) is 122 cm³/mol. The second kappa shape index (κ2) is 9.77. The van der Waals surface area contributed by atoms with Gasteiger partial charge in [0.05, 0.1) is 5.56 Å². The molecule has 3 heterocycles. The van der Waals surface area contributed by atoms with E-state index in [2.05, 4.69) is 20.4 Å². The van der Waals surface area contributed by atoms with Crippen molar-refractivity contribution in [2.45, 2.75) is 33.4 Å². The first-order chi connectivity index (χ1) is 16.6. The maximum Gasteiger partial charge on any atom is 0.419 e. The maximum atomic E-state index is 12.7. The zero-order chi connectivity index (χ0) is 25.2. The molecular formula is C24H24F3N5O3. The van der Waals surface area contributed by atoms with E-state index >= 15 is 0 Å². The van der Waals surface area contributed by atoms with E-state index in [-0.39, 0.29) is 18.0 Å². The molecule has 0 aliphatic carbocycles. The molecule has 3 aromatic rings. The Bertz CT molecular complexity index is 1240. The number of amides is 2. The van der Waals surface area contributed by atoms with Crippen molar-refractivity contribution in [2.24, 2.45) is 5.92 Å². The van der Waals surface area contributed by atoms with Crippen LogP contribution in [0, 0.1) is 19.8 Å². The number of likely N-dealkylation sites (tertiary alicyclic amines) is 1. The largest absolute Gasteiger partial charge is 0.424 e. The van der Waals surface area contributed by atoms with Crippen LogP contribution in [0.25, 0.3) is 6.08 Å². The van der Waals surface area contributed by atoms with E-state index in [9.17, 15) is 18.0 Å². The lowest BCUT2D eigenvalue weighted by molar-refractivity contribution is -0.138. The number of halogens is 3. The van der Waals surface area contributed by atoms with Crippen molar-refractivity contribution in [3.63, 3.8) is 0 Å². The summed E-state index contributed by atoms with van der Waals surface area (Å²) in [5.74, 6) is 1.61. The highest BCUT2D eigenvalue weighted by Crippen LogP contribution is 2.30. The molecular weight excluding hydrogens is 463 g/mol. The molecule has 35 heavy (non-hydrogen) atoms. The summed E-state index contributed by atoms with van der Waals surface area (Å²) in [5.41, 5.74) is 1.89. The number of piperidine rings is 1. The molecule has 0 saturated carbocycles. The summed E-state index contributed by atoms with van der Waals surface area (Å²) in [4.78, 5) is 21.7. The van der Waals surface area contributed by atoms with Crippen LogP contribution in [0.3, 0.4) is 0 Å². The van der Waals surface area contributed by atoms with Gasteiger partial charge in [0, 0.05) is 31.0 Å². The van der Waals surface area contributed by atoms with Crippen LogP contribution in [0.2, 0.25) is 0 Å². The highest BCUT2D eigenvalue weighted by atomic mass is 19.4. The molecule has 4 rings (SSSR count). The quantitative estimate of drug-likeness (QED) is 0.496. The van der Waals surface area contributed by atoms with Crippen LogP contribution in [0.4, 0.5) is 23.8 Å². The third-order valence-corrected chi connectivity index (χ3v) is 5.84. The zero-order valence-corrected chi connectivity index (χ0v) is 19.4. The Morgan fingerprint density at radius 1 is 1.26 bits per heavy atom. The van der Waals surface area contributed by atoms with Gasteiger partial charge >= 0.3 is 18.2 Å². The second-order valence-electron chi connectivity index (χ2n) is 8.39. The first kappa shape index (κ1) is 24.2. The number of urea groups is 1. The SMILES string of the molecule is Cc1onc(NC(=O)N2CC/C(=C\c3cccc(Oc4ncc(C(F)(F)F)cn4)c3)C(C)C2)c1C. The second-order valence-corrected chi connectivity index (χ2v) is 8.39. The molecule has 1 aromatic carbocycles. The minimum absolute atomic E-state index is 0.123.